The summed E-state index contributed by atoms with van der Waals surface area (Å²) in [6.45, 7) is 1.12. The fourth-order valence-electron chi connectivity index (χ4n) is 1.44. The van der Waals surface area contributed by atoms with Crippen molar-refractivity contribution in [3.8, 4) is 0 Å². The van der Waals surface area contributed by atoms with Gasteiger partial charge in [-0.15, -0.1) is 0 Å². The summed E-state index contributed by atoms with van der Waals surface area (Å²) in [6.07, 6.45) is -0.395. The zero-order valence-electron chi connectivity index (χ0n) is 10.3. The number of nitro groups is 1. The molecule has 1 rings (SSSR count). The molecule has 110 valence electrons. The molecule has 0 radical (unpaired) electrons. The molecule has 2 N–H and O–H groups in total. The Morgan fingerprint density at radius 1 is 1.50 bits per heavy atom. The van der Waals surface area contributed by atoms with E-state index in [4.69, 9.17) is 16.7 Å². The van der Waals surface area contributed by atoms with Gasteiger partial charge in [-0.1, -0.05) is 11.6 Å². The van der Waals surface area contributed by atoms with Gasteiger partial charge in [0.2, 0.25) is 10.0 Å². The van der Waals surface area contributed by atoms with Crippen LogP contribution in [0.5, 0.6) is 0 Å². The third kappa shape index (κ3) is 3.89. The van der Waals surface area contributed by atoms with Crippen molar-refractivity contribution in [3.63, 3.8) is 0 Å². The van der Waals surface area contributed by atoms with Gasteiger partial charge in [-0.3, -0.25) is 14.9 Å². The van der Waals surface area contributed by atoms with Crippen LogP contribution in [0.15, 0.2) is 17.0 Å². The maximum Gasteiger partial charge on any atom is 0.304 e. The number of aliphatic carboxylic acids is 1. The second kappa shape index (κ2) is 6.16. The first-order valence-corrected chi connectivity index (χ1v) is 7.17. The highest BCUT2D eigenvalue weighted by Gasteiger charge is 2.23. The largest absolute Gasteiger partial charge is 0.481 e. The molecule has 0 saturated carbocycles. The van der Waals surface area contributed by atoms with Crippen LogP contribution in [0.1, 0.15) is 12.0 Å². The molecule has 0 aliphatic carbocycles. The minimum absolute atomic E-state index is 0.169. The maximum atomic E-state index is 12.0. The van der Waals surface area contributed by atoms with Gasteiger partial charge >= 0.3 is 5.97 Å². The molecule has 1 aromatic carbocycles. The molecule has 0 saturated heterocycles. The molecule has 0 heterocycles. The molecule has 0 bridgehead atoms. The van der Waals surface area contributed by atoms with E-state index in [9.17, 15) is 23.3 Å². The summed E-state index contributed by atoms with van der Waals surface area (Å²) in [6, 6.07) is 2.02. The normalized spacial score (nSPS) is 11.3. The number of hydrogen-bond donors (Lipinski definition) is 2. The number of benzene rings is 1. The molecular weight excluding hydrogens is 312 g/mol. The number of carboxylic acid groups (broad SMARTS) is 1. The lowest BCUT2D eigenvalue weighted by Gasteiger charge is -2.09. The third-order valence-electron chi connectivity index (χ3n) is 2.36. The molecule has 0 unspecified atom stereocenters. The SMILES string of the molecule is Cc1cc(Cl)c([N+](=O)[O-])cc1S(=O)(=O)NCCC(=O)O. The van der Waals surface area contributed by atoms with Crippen LogP contribution in [0.2, 0.25) is 5.02 Å². The minimum Gasteiger partial charge on any atom is -0.481 e. The summed E-state index contributed by atoms with van der Waals surface area (Å²) in [5.74, 6) is -1.16. The van der Waals surface area contributed by atoms with Crippen LogP contribution >= 0.6 is 11.6 Å². The van der Waals surface area contributed by atoms with E-state index in [1.807, 2.05) is 0 Å². The van der Waals surface area contributed by atoms with Crippen molar-refractivity contribution < 1.29 is 23.2 Å². The van der Waals surface area contributed by atoms with Crippen LogP contribution in [0.25, 0.3) is 0 Å². The molecule has 0 aromatic heterocycles. The highest BCUT2D eigenvalue weighted by molar-refractivity contribution is 7.89. The van der Waals surface area contributed by atoms with Gasteiger partial charge in [-0.25, -0.2) is 13.1 Å². The highest BCUT2D eigenvalue weighted by atomic mass is 35.5. The van der Waals surface area contributed by atoms with Crippen molar-refractivity contribution in [2.45, 2.75) is 18.2 Å². The van der Waals surface area contributed by atoms with E-state index < -0.39 is 33.0 Å². The summed E-state index contributed by atoms with van der Waals surface area (Å²) in [5, 5.41) is 19.0. The molecule has 10 heteroatoms. The first kappa shape index (κ1) is 16.3. The lowest BCUT2D eigenvalue weighted by atomic mass is 10.2. The number of sulfonamides is 1. The van der Waals surface area contributed by atoms with Crippen molar-refractivity contribution in [2.75, 3.05) is 6.54 Å². The smallest absolute Gasteiger partial charge is 0.304 e. The molecule has 0 spiro atoms. The van der Waals surface area contributed by atoms with E-state index in [2.05, 4.69) is 4.72 Å². The fraction of sp³-hybridized carbons (Fsp3) is 0.300. The van der Waals surface area contributed by atoms with Crippen LogP contribution in [-0.4, -0.2) is 31.0 Å². The Morgan fingerprint density at radius 3 is 2.60 bits per heavy atom. The fourth-order valence-corrected chi connectivity index (χ4v) is 3.00. The predicted octanol–water partition coefficient (Wildman–Crippen LogP) is 1.31. The molecule has 0 atom stereocenters. The van der Waals surface area contributed by atoms with Crippen LogP contribution in [0.4, 0.5) is 5.69 Å². The van der Waals surface area contributed by atoms with Crippen molar-refractivity contribution in [3.05, 3.63) is 32.8 Å². The number of carboxylic acids is 1. The van der Waals surface area contributed by atoms with Gasteiger partial charge in [0.1, 0.15) is 5.02 Å². The first-order chi connectivity index (χ1) is 9.15. The number of aryl methyl sites for hydroxylation is 1. The number of carbonyl (C=O) groups is 1. The van der Waals surface area contributed by atoms with Gasteiger partial charge in [-0.2, -0.15) is 0 Å². The average Bonchev–Trinajstić information content (AvgIpc) is 2.26. The van der Waals surface area contributed by atoms with E-state index >= 15 is 0 Å². The number of hydrogen-bond acceptors (Lipinski definition) is 5. The van der Waals surface area contributed by atoms with Crippen LogP contribution in [0, 0.1) is 17.0 Å². The Balaban J connectivity index is 3.14. The van der Waals surface area contributed by atoms with Gasteiger partial charge in [0.05, 0.1) is 16.2 Å². The number of nitrogens with zero attached hydrogens (tertiary/aromatic N) is 1. The molecule has 0 amide bonds. The zero-order chi connectivity index (χ0) is 15.5. The van der Waals surface area contributed by atoms with E-state index in [-0.39, 0.29) is 22.0 Å². The topological polar surface area (TPSA) is 127 Å². The van der Waals surface area contributed by atoms with Gasteiger partial charge in [0.15, 0.2) is 0 Å². The second-order valence-corrected chi connectivity index (χ2v) is 6.01. The Labute approximate surface area is 119 Å². The van der Waals surface area contributed by atoms with E-state index in [1.54, 1.807) is 0 Å². The molecule has 20 heavy (non-hydrogen) atoms. The first-order valence-electron chi connectivity index (χ1n) is 5.31. The molecule has 8 nitrogen and oxygen atoms in total. The number of nitrogens with one attached hydrogen (secondary N) is 1. The molecular formula is C10H11ClN2O6S. The van der Waals surface area contributed by atoms with Crippen LogP contribution < -0.4 is 4.72 Å². The quantitative estimate of drug-likeness (QED) is 0.600. The van der Waals surface area contributed by atoms with Gasteiger partial charge in [-0.05, 0) is 18.6 Å². The Hall–Kier alpha value is -1.71. The monoisotopic (exact) mass is 322 g/mol. The molecule has 0 fully saturated rings. The number of halogens is 1. The van der Waals surface area contributed by atoms with E-state index in [0.29, 0.717) is 0 Å². The van der Waals surface area contributed by atoms with Crippen molar-refractivity contribution in [1.82, 2.24) is 4.72 Å². The van der Waals surface area contributed by atoms with Crippen molar-refractivity contribution in [2.24, 2.45) is 0 Å². The summed E-state index contributed by atoms with van der Waals surface area (Å²) in [7, 11) is -4.04. The Bertz CT molecular complexity index is 658. The van der Waals surface area contributed by atoms with E-state index in [1.165, 1.54) is 13.0 Å². The summed E-state index contributed by atoms with van der Waals surface area (Å²) in [5.41, 5.74) is -0.306. The van der Waals surface area contributed by atoms with E-state index in [0.717, 1.165) is 6.07 Å². The Morgan fingerprint density at radius 2 is 2.10 bits per heavy atom. The highest BCUT2D eigenvalue weighted by Crippen LogP contribution is 2.29. The van der Waals surface area contributed by atoms with Crippen molar-refractivity contribution >= 4 is 33.3 Å². The standard InChI is InChI=1S/C10H11ClN2O6S/c1-6-4-7(11)8(13(16)17)5-9(6)20(18,19)12-3-2-10(14)15/h4-5,12H,2-3H2,1H3,(H,14,15). The molecule has 0 aliphatic rings. The van der Waals surface area contributed by atoms with Crippen molar-refractivity contribution in [1.29, 1.82) is 0 Å². The van der Waals surface area contributed by atoms with Crippen LogP contribution in [0.3, 0.4) is 0 Å². The third-order valence-corrected chi connectivity index (χ3v) is 4.27. The lowest BCUT2D eigenvalue weighted by Crippen LogP contribution is -2.27. The summed E-state index contributed by atoms with van der Waals surface area (Å²) < 4.78 is 26.0. The van der Waals surface area contributed by atoms with Gasteiger partial charge in [0.25, 0.3) is 5.69 Å². The minimum atomic E-state index is -4.04. The predicted molar refractivity (Wildman–Crippen MR) is 70.3 cm³/mol. The van der Waals surface area contributed by atoms with Gasteiger partial charge in [0, 0.05) is 12.6 Å². The van der Waals surface area contributed by atoms with Crippen LogP contribution in [-0.2, 0) is 14.8 Å². The molecule has 1 aromatic rings. The maximum absolute atomic E-state index is 12.0. The zero-order valence-corrected chi connectivity index (χ0v) is 11.9. The number of nitro benzene ring substituents is 1. The summed E-state index contributed by atoms with van der Waals surface area (Å²) >= 11 is 5.66. The average molecular weight is 323 g/mol. The second-order valence-electron chi connectivity index (χ2n) is 3.87. The number of rotatable bonds is 6. The lowest BCUT2D eigenvalue weighted by molar-refractivity contribution is -0.384. The summed E-state index contributed by atoms with van der Waals surface area (Å²) in [4.78, 5) is 20.0. The molecule has 0 aliphatic heterocycles. The Kier molecular flexibility index (Phi) is 5.03. The van der Waals surface area contributed by atoms with Gasteiger partial charge < -0.3 is 5.11 Å².